The maximum Gasteiger partial charge on any atom is 0.160 e. The van der Waals surface area contributed by atoms with Gasteiger partial charge < -0.3 is 22.8 Å². The van der Waals surface area contributed by atoms with Crippen LogP contribution in [0.3, 0.4) is 0 Å². The average Bonchev–Trinajstić information content (AvgIpc) is 1.63. The van der Waals surface area contributed by atoms with Crippen LogP contribution in [0, 0.1) is 54.3 Å². The molecule has 16 heteroatoms. The molecule has 0 saturated heterocycles. The summed E-state index contributed by atoms with van der Waals surface area (Å²) >= 11 is 6.17. The Labute approximate surface area is 718 Å². The van der Waals surface area contributed by atoms with Gasteiger partial charge in [-0.2, -0.15) is 0 Å². The number of aryl methyl sites for hydroxylation is 3. The van der Waals surface area contributed by atoms with Crippen molar-refractivity contribution in [3.05, 3.63) is 241 Å². The largest absolute Gasteiger partial charge is 0.324 e. The van der Waals surface area contributed by atoms with E-state index in [-0.39, 0.29) is 0 Å². The van der Waals surface area contributed by atoms with Crippen LogP contribution in [0.25, 0.3) is 166 Å². The summed E-state index contributed by atoms with van der Waals surface area (Å²) in [6, 6.07) is 78.8. The number of fused-ring (bicyclic) bond motifs is 24. The van der Waals surface area contributed by atoms with E-state index in [0.717, 1.165) is 194 Å². The molecule has 0 bridgehead atoms. The summed E-state index contributed by atoms with van der Waals surface area (Å²) in [6.07, 6.45) is 18.4. The third kappa shape index (κ3) is 14.9. The first-order valence-electron chi connectivity index (χ1n) is 45.0. The Morgan fingerprint density at radius 1 is 0.320 bits per heavy atom. The summed E-state index contributed by atoms with van der Waals surface area (Å²) in [5.74, 6) is 8.88. The van der Waals surface area contributed by atoms with Crippen LogP contribution in [0.1, 0.15) is 170 Å². The van der Waals surface area contributed by atoms with Gasteiger partial charge in [0.05, 0.1) is 82.8 Å². The second kappa shape index (κ2) is 33.9. The average molecular weight is 1630 g/mol. The van der Waals surface area contributed by atoms with E-state index in [9.17, 15) is 0 Å². The van der Waals surface area contributed by atoms with Gasteiger partial charge in [-0.1, -0.05) is 198 Å². The van der Waals surface area contributed by atoms with Gasteiger partial charge in [0.1, 0.15) is 27.6 Å². The Morgan fingerprint density at radius 3 is 1.07 bits per heavy atom. The fourth-order valence-electron chi connectivity index (χ4n) is 21.7. The molecule has 7 unspecified atom stereocenters. The molecule has 20 aromatic rings. The number of benzene rings is 10. The van der Waals surface area contributed by atoms with Gasteiger partial charge >= 0.3 is 0 Å². The number of rotatable bonds is 8. The number of para-hydroxylation sites is 13. The van der Waals surface area contributed by atoms with Crippen LogP contribution in [-0.2, 0) is 13.1 Å². The highest BCUT2D eigenvalue weighted by Gasteiger charge is 2.54. The molecule has 0 radical (unpaired) electrons. The second-order valence-electron chi connectivity index (χ2n) is 36.0. The van der Waals surface area contributed by atoms with E-state index in [0.29, 0.717) is 18.1 Å². The van der Waals surface area contributed by atoms with E-state index in [1.165, 1.54) is 49.2 Å². The molecule has 15 nitrogen and oxygen atoms in total. The van der Waals surface area contributed by atoms with Crippen molar-refractivity contribution < 1.29 is 0 Å². The number of nitrogens with zero attached hydrogens (tertiary/aromatic N) is 15. The molecule has 7 atom stereocenters. The smallest absolute Gasteiger partial charge is 0.160 e. The predicted molar refractivity (Wildman–Crippen MR) is 510 cm³/mol. The third-order valence-electron chi connectivity index (χ3n) is 26.8. The zero-order valence-corrected chi connectivity index (χ0v) is 73.0. The van der Waals surface area contributed by atoms with Gasteiger partial charge in [-0.05, 0) is 250 Å². The molecule has 0 amide bonds. The first-order chi connectivity index (χ1) is 59.5. The molecule has 4 aliphatic rings. The Bertz CT molecular complexity index is 7120. The van der Waals surface area contributed by atoms with Crippen molar-refractivity contribution in [2.75, 3.05) is 0 Å². The molecule has 24 rings (SSSR count). The van der Waals surface area contributed by atoms with E-state index < -0.39 is 0 Å². The Kier molecular flexibility index (Phi) is 22.2. The van der Waals surface area contributed by atoms with Crippen LogP contribution < -0.4 is 0 Å². The lowest BCUT2D eigenvalue weighted by molar-refractivity contribution is 0.0591. The van der Waals surface area contributed by atoms with E-state index in [4.69, 9.17) is 61.4 Å². The quantitative estimate of drug-likeness (QED) is 0.144. The molecule has 4 fully saturated rings. The first-order valence-corrected chi connectivity index (χ1v) is 45.4. The first kappa shape index (κ1) is 79.9. The molecule has 4 aliphatic carbocycles. The Morgan fingerprint density at radius 2 is 0.648 bits per heavy atom. The number of hydrogen-bond acceptors (Lipinski definition) is 10. The summed E-state index contributed by atoms with van der Waals surface area (Å²) in [6.45, 7) is 26.3. The number of aromatic nitrogens is 15. The van der Waals surface area contributed by atoms with E-state index >= 15 is 0 Å². The fourth-order valence-corrected chi connectivity index (χ4v) is 21.9. The summed E-state index contributed by atoms with van der Waals surface area (Å²) in [4.78, 5) is 48.3. The van der Waals surface area contributed by atoms with Crippen molar-refractivity contribution in [1.29, 1.82) is 0 Å². The summed E-state index contributed by atoms with van der Waals surface area (Å²) < 4.78 is 11.3. The van der Waals surface area contributed by atoms with Gasteiger partial charge in [-0.3, -0.25) is 0 Å². The van der Waals surface area contributed by atoms with Crippen molar-refractivity contribution in [1.82, 2.24) is 72.7 Å². The molecule has 10 aromatic heterocycles. The SMILES string of the molecule is CC(C)CC1C2CCCCC2C2CC3CCCCC3CC12.CC(C)n1c2ccc(Cl)cc2c2nc3ccccc3nc21.CC(C)n1c2ccccc2c2nc3ccccc3nc21.CCCn1c2ccccc2c2nc3ccccc3nc21.CCn1c2ccccc2c2nc3ccccc3nc21.Cc1ccc2c(c1)c1nc3ccccc3nc1n2C(C)C. The van der Waals surface area contributed by atoms with Crippen LogP contribution in [0.2, 0.25) is 5.02 Å². The minimum atomic E-state index is 0.307. The predicted octanol–water partition coefficient (Wildman–Crippen LogP) is 28.1. The number of hydrogen-bond donors (Lipinski definition) is 0. The highest BCUT2D eigenvalue weighted by molar-refractivity contribution is 6.32. The van der Waals surface area contributed by atoms with E-state index in [1.807, 2.05) is 140 Å². The molecule has 122 heavy (non-hydrogen) atoms. The third-order valence-corrected chi connectivity index (χ3v) is 27.0. The topological polar surface area (TPSA) is 154 Å². The van der Waals surface area contributed by atoms with Gasteiger partial charge in [0.2, 0.25) is 0 Å². The normalized spacial score (nSPS) is 18.3. The Hall–Kier alpha value is -11.8. The zero-order chi connectivity index (χ0) is 83.6. The summed E-state index contributed by atoms with van der Waals surface area (Å²) in [5.41, 5.74) is 26.4. The van der Waals surface area contributed by atoms with Crippen molar-refractivity contribution in [2.45, 2.75) is 184 Å². The lowest BCUT2D eigenvalue weighted by Crippen LogP contribution is -2.35. The molecule has 0 aliphatic heterocycles. The van der Waals surface area contributed by atoms with Gasteiger partial charge in [0, 0.05) is 63.2 Å². The maximum atomic E-state index is 6.17. The lowest BCUT2D eigenvalue weighted by atomic mass is 9.61. The van der Waals surface area contributed by atoms with Gasteiger partial charge in [0.25, 0.3) is 0 Å². The minimum Gasteiger partial charge on any atom is -0.324 e. The van der Waals surface area contributed by atoms with Gasteiger partial charge in [-0.25, -0.2) is 49.8 Å². The molecular formula is C106H110ClN15. The lowest BCUT2D eigenvalue weighted by Gasteiger charge is -2.44. The van der Waals surface area contributed by atoms with E-state index in [1.54, 1.807) is 70.6 Å². The van der Waals surface area contributed by atoms with Crippen molar-refractivity contribution in [3.63, 3.8) is 0 Å². The highest BCUT2D eigenvalue weighted by Crippen LogP contribution is 2.62. The van der Waals surface area contributed by atoms with Crippen LogP contribution >= 0.6 is 11.6 Å². The Balaban J connectivity index is 0.0000000964. The number of halogens is 1. The van der Waals surface area contributed by atoms with Crippen molar-refractivity contribution in [3.8, 4) is 0 Å². The van der Waals surface area contributed by atoms with E-state index in [2.05, 4.69) is 190 Å². The van der Waals surface area contributed by atoms with Gasteiger partial charge in [0.15, 0.2) is 28.2 Å². The minimum absolute atomic E-state index is 0.307. The molecule has 0 N–H and O–H groups in total. The van der Waals surface area contributed by atoms with Gasteiger partial charge in [-0.15, -0.1) is 0 Å². The molecular weight excluding hydrogens is 1520 g/mol. The maximum absolute atomic E-state index is 6.17. The van der Waals surface area contributed by atoms with Crippen LogP contribution in [0.15, 0.2) is 231 Å². The fraction of sp³-hybridized carbons (Fsp3) is 0.340. The second-order valence-corrected chi connectivity index (χ2v) is 36.4. The summed E-state index contributed by atoms with van der Waals surface area (Å²) in [7, 11) is 0. The zero-order valence-electron chi connectivity index (χ0n) is 72.3. The summed E-state index contributed by atoms with van der Waals surface area (Å²) in [5, 5.41) is 6.52. The monoisotopic (exact) mass is 1630 g/mol. The molecule has 616 valence electrons. The van der Waals surface area contributed by atoms with Crippen LogP contribution in [-0.4, -0.2) is 72.7 Å². The van der Waals surface area contributed by atoms with Crippen LogP contribution in [0.5, 0.6) is 0 Å². The molecule has 0 spiro atoms. The van der Waals surface area contributed by atoms with Crippen molar-refractivity contribution in [2.24, 2.45) is 47.3 Å². The standard InChI is InChI=1S/C21H36.C18H17N3.C17H14ClN3.2C17H15N3.C16H13N3/c1-14(2)11-19-17-9-5-6-10-18(17)20-12-15-7-3-4-8-16(15)13-21(19)20;1-11(2)21-16-9-8-12(3)10-13(16)17-18(21)20-15-7-5-4-6-14(15)19-17;1-10(2)21-15-8-7-11(18)9-12(15)16-17(21)20-14-6-4-3-5-13(14)19-16;1-11(2)20-15-10-6-3-7-12(15)16-17(20)19-14-9-5-4-8-13(14)18-16;1-2-11-20-15-10-6-3-7-12(15)16-17(20)19-14-9-5-4-8-13(14)18-16;1-2-19-14-10-6-3-7-11(14)15-16(19)18-13-9-5-4-8-12(13)17-15/h14-21H,3-13H2,1-2H3;4-11H,1-3H3;3-10H,1-2H3;3-11H,1-2H3;3-10H,2,11H2,1H3;3-10H,2H2,1H3. The molecule has 10 aromatic carbocycles. The molecule has 4 saturated carbocycles. The molecule has 10 heterocycles. The highest BCUT2D eigenvalue weighted by atomic mass is 35.5. The van der Waals surface area contributed by atoms with Crippen molar-refractivity contribution >= 4 is 177 Å². The van der Waals surface area contributed by atoms with Crippen LogP contribution in [0.4, 0.5) is 0 Å².